The molecule has 0 radical (unpaired) electrons. The molecule has 1 aromatic heterocycles. The molecular formula is C25H25N3O2. The largest absolute Gasteiger partial charge is 0.378 e. The van der Waals surface area contributed by atoms with Gasteiger partial charge in [0.2, 0.25) is 0 Å². The van der Waals surface area contributed by atoms with Crippen molar-refractivity contribution in [1.29, 1.82) is 0 Å². The Morgan fingerprint density at radius 3 is 2.07 bits per heavy atom. The molecule has 4 rings (SSSR count). The predicted octanol–water partition coefficient (Wildman–Crippen LogP) is 4.25. The molecule has 0 atom stereocenters. The summed E-state index contributed by atoms with van der Waals surface area (Å²) in [5.41, 5.74) is 3.60. The molecule has 1 heterocycles. The number of rotatable bonds is 6. The molecule has 0 saturated heterocycles. The number of hydrogen-bond acceptors (Lipinski definition) is 4. The monoisotopic (exact) mass is 399 g/mol. The Morgan fingerprint density at radius 1 is 0.933 bits per heavy atom. The van der Waals surface area contributed by atoms with E-state index in [4.69, 9.17) is 9.72 Å². The van der Waals surface area contributed by atoms with E-state index in [9.17, 15) is 4.79 Å². The van der Waals surface area contributed by atoms with Crippen LogP contribution in [-0.2, 0) is 11.3 Å². The molecule has 5 heteroatoms. The van der Waals surface area contributed by atoms with E-state index >= 15 is 0 Å². The van der Waals surface area contributed by atoms with Crippen molar-refractivity contribution in [2.24, 2.45) is 0 Å². The Hall–Kier alpha value is -3.44. The molecule has 0 bridgehead atoms. The van der Waals surface area contributed by atoms with Crippen molar-refractivity contribution in [2.45, 2.75) is 12.6 Å². The van der Waals surface area contributed by atoms with Gasteiger partial charge in [0.1, 0.15) is 12.4 Å². The lowest BCUT2D eigenvalue weighted by atomic mass is 9.98. The second kappa shape index (κ2) is 8.51. The van der Waals surface area contributed by atoms with Crippen molar-refractivity contribution < 1.29 is 4.74 Å². The standard InChI is InChI=1S/C25H25N3O2/c1-27(2)20-14-15-22-21(16-20)25(29)28(23(26-22)17-30-3)24(18-10-6-4-7-11-18)19-12-8-5-9-13-19/h4-16,24H,17H2,1-3H3. The summed E-state index contributed by atoms with van der Waals surface area (Å²) in [5, 5.41) is 0.595. The maximum absolute atomic E-state index is 13.8. The van der Waals surface area contributed by atoms with E-state index in [-0.39, 0.29) is 18.2 Å². The van der Waals surface area contributed by atoms with E-state index in [1.807, 2.05) is 97.9 Å². The lowest BCUT2D eigenvalue weighted by molar-refractivity contribution is 0.172. The molecule has 152 valence electrons. The van der Waals surface area contributed by atoms with Gasteiger partial charge >= 0.3 is 0 Å². The van der Waals surface area contributed by atoms with Crippen LogP contribution >= 0.6 is 0 Å². The lowest BCUT2D eigenvalue weighted by Crippen LogP contribution is -2.31. The summed E-state index contributed by atoms with van der Waals surface area (Å²) < 4.78 is 7.20. The Bertz CT molecular complexity index is 1160. The molecule has 0 unspecified atom stereocenters. The minimum absolute atomic E-state index is 0.0755. The van der Waals surface area contributed by atoms with Crippen molar-refractivity contribution in [2.75, 3.05) is 26.1 Å². The van der Waals surface area contributed by atoms with E-state index in [1.54, 1.807) is 11.7 Å². The lowest BCUT2D eigenvalue weighted by Gasteiger charge is -2.24. The van der Waals surface area contributed by atoms with Crippen LogP contribution in [0.5, 0.6) is 0 Å². The van der Waals surface area contributed by atoms with Gasteiger partial charge in [0.15, 0.2) is 0 Å². The maximum Gasteiger partial charge on any atom is 0.262 e. The summed E-state index contributed by atoms with van der Waals surface area (Å²) in [6.07, 6.45) is 0. The molecule has 0 amide bonds. The molecule has 0 fully saturated rings. The average molecular weight is 399 g/mol. The van der Waals surface area contributed by atoms with Crippen LogP contribution in [-0.4, -0.2) is 30.8 Å². The highest BCUT2D eigenvalue weighted by atomic mass is 16.5. The first-order valence-electron chi connectivity index (χ1n) is 9.91. The van der Waals surface area contributed by atoms with Gasteiger partial charge in [-0.15, -0.1) is 0 Å². The van der Waals surface area contributed by atoms with Crippen LogP contribution in [0.2, 0.25) is 0 Å². The van der Waals surface area contributed by atoms with Gasteiger partial charge in [-0.05, 0) is 29.3 Å². The molecule has 0 aliphatic rings. The zero-order chi connectivity index (χ0) is 21.1. The first kappa shape index (κ1) is 19.9. The van der Waals surface area contributed by atoms with Gasteiger partial charge in [0, 0.05) is 26.9 Å². The van der Waals surface area contributed by atoms with E-state index in [2.05, 4.69) is 0 Å². The van der Waals surface area contributed by atoms with Gasteiger partial charge in [-0.25, -0.2) is 4.98 Å². The second-order valence-electron chi connectivity index (χ2n) is 7.46. The van der Waals surface area contributed by atoms with Crippen LogP contribution in [0.3, 0.4) is 0 Å². The van der Waals surface area contributed by atoms with Crippen LogP contribution < -0.4 is 10.5 Å². The number of methoxy groups -OCH3 is 1. The summed E-state index contributed by atoms with van der Waals surface area (Å²) in [7, 11) is 5.54. The number of hydrogen-bond donors (Lipinski definition) is 0. The van der Waals surface area contributed by atoms with Crippen molar-refractivity contribution >= 4 is 16.6 Å². The minimum Gasteiger partial charge on any atom is -0.378 e. The summed E-state index contributed by atoms with van der Waals surface area (Å²) in [4.78, 5) is 20.6. The highest BCUT2D eigenvalue weighted by Gasteiger charge is 2.23. The zero-order valence-corrected chi connectivity index (χ0v) is 17.4. The normalized spacial score (nSPS) is 11.2. The van der Waals surface area contributed by atoms with E-state index in [1.165, 1.54) is 0 Å². The van der Waals surface area contributed by atoms with Crippen molar-refractivity contribution in [3.05, 3.63) is 106 Å². The summed E-state index contributed by atoms with van der Waals surface area (Å²) in [5.74, 6) is 0.602. The molecule has 3 aromatic carbocycles. The molecule has 4 aromatic rings. The smallest absolute Gasteiger partial charge is 0.262 e. The van der Waals surface area contributed by atoms with E-state index in [0.29, 0.717) is 16.7 Å². The third-order valence-electron chi connectivity index (χ3n) is 5.24. The Labute approximate surface area is 176 Å². The molecule has 0 saturated carbocycles. The molecule has 0 N–H and O–H groups in total. The fourth-order valence-corrected chi connectivity index (χ4v) is 3.77. The Balaban J connectivity index is 2.05. The average Bonchev–Trinajstić information content (AvgIpc) is 2.77. The zero-order valence-electron chi connectivity index (χ0n) is 17.4. The van der Waals surface area contributed by atoms with Crippen LogP contribution in [0.15, 0.2) is 83.7 Å². The van der Waals surface area contributed by atoms with Crippen LogP contribution in [0.25, 0.3) is 10.9 Å². The van der Waals surface area contributed by atoms with Gasteiger partial charge in [0.25, 0.3) is 5.56 Å². The number of nitrogens with zero attached hydrogens (tertiary/aromatic N) is 3. The van der Waals surface area contributed by atoms with Crippen LogP contribution in [0.4, 0.5) is 5.69 Å². The van der Waals surface area contributed by atoms with Gasteiger partial charge in [-0.2, -0.15) is 0 Å². The van der Waals surface area contributed by atoms with Gasteiger partial charge in [0.05, 0.1) is 16.9 Å². The molecule has 30 heavy (non-hydrogen) atoms. The fourth-order valence-electron chi connectivity index (χ4n) is 3.77. The SMILES string of the molecule is COCc1nc2ccc(N(C)C)cc2c(=O)n1C(c1ccccc1)c1ccccc1. The number of anilines is 1. The second-order valence-corrected chi connectivity index (χ2v) is 7.46. The third kappa shape index (κ3) is 3.72. The van der Waals surface area contributed by atoms with Gasteiger partial charge in [-0.3, -0.25) is 9.36 Å². The number of aromatic nitrogens is 2. The number of benzene rings is 3. The molecule has 5 nitrogen and oxygen atoms in total. The first-order chi connectivity index (χ1) is 14.6. The predicted molar refractivity (Wildman–Crippen MR) is 121 cm³/mol. The Kier molecular flexibility index (Phi) is 5.63. The first-order valence-corrected chi connectivity index (χ1v) is 9.91. The quantitative estimate of drug-likeness (QED) is 0.486. The molecule has 0 aliphatic heterocycles. The highest BCUT2D eigenvalue weighted by molar-refractivity contribution is 5.82. The van der Waals surface area contributed by atoms with Crippen molar-refractivity contribution in [3.8, 4) is 0 Å². The topological polar surface area (TPSA) is 47.4 Å². The van der Waals surface area contributed by atoms with Gasteiger partial charge < -0.3 is 9.64 Å². The van der Waals surface area contributed by atoms with Crippen LogP contribution in [0, 0.1) is 0 Å². The third-order valence-corrected chi connectivity index (χ3v) is 5.24. The molecular weight excluding hydrogens is 374 g/mol. The van der Waals surface area contributed by atoms with Crippen molar-refractivity contribution in [3.63, 3.8) is 0 Å². The summed E-state index contributed by atoms with van der Waals surface area (Å²) in [6.45, 7) is 0.247. The molecule has 0 aliphatic carbocycles. The summed E-state index contributed by atoms with van der Waals surface area (Å²) in [6, 6.07) is 25.6. The minimum atomic E-state index is -0.301. The van der Waals surface area contributed by atoms with Crippen molar-refractivity contribution in [1.82, 2.24) is 9.55 Å². The fraction of sp³-hybridized carbons (Fsp3) is 0.200. The summed E-state index contributed by atoms with van der Waals surface area (Å²) >= 11 is 0. The number of fused-ring (bicyclic) bond motifs is 1. The molecule has 0 spiro atoms. The van der Waals surface area contributed by atoms with Gasteiger partial charge in [-0.1, -0.05) is 60.7 Å². The van der Waals surface area contributed by atoms with E-state index in [0.717, 1.165) is 16.8 Å². The van der Waals surface area contributed by atoms with E-state index < -0.39 is 0 Å². The van der Waals surface area contributed by atoms with Crippen LogP contribution in [0.1, 0.15) is 23.0 Å². The Morgan fingerprint density at radius 2 is 1.53 bits per heavy atom. The number of ether oxygens (including phenoxy) is 1. The highest BCUT2D eigenvalue weighted by Crippen LogP contribution is 2.28. The maximum atomic E-state index is 13.8.